The molecule has 1 atom stereocenters. The minimum Gasteiger partial charge on any atom is -0.480 e. The molecule has 0 aliphatic rings. The van der Waals surface area contributed by atoms with Crippen LogP contribution in [0.3, 0.4) is 0 Å². The van der Waals surface area contributed by atoms with Crippen molar-refractivity contribution in [3.63, 3.8) is 0 Å². The average Bonchev–Trinajstić information content (AvgIpc) is 2.20. The first-order valence-electron chi connectivity index (χ1n) is 4.86. The molecule has 0 saturated carbocycles. The number of carbonyl (C=O) groups is 1. The first-order valence-corrected chi connectivity index (χ1v) is 4.86. The second-order valence-corrected chi connectivity index (χ2v) is 3.68. The van der Waals surface area contributed by atoms with Crippen LogP contribution in [0.1, 0.15) is 5.56 Å². The van der Waals surface area contributed by atoms with Crippen LogP contribution in [0, 0.1) is 5.82 Å². The predicted molar refractivity (Wildman–Crippen MR) is 59.2 cm³/mol. The first kappa shape index (κ1) is 12.7. The molecule has 1 rings (SSSR count). The van der Waals surface area contributed by atoms with Crippen LogP contribution in [-0.2, 0) is 11.2 Å². The summed E-state index contributed by atoms with van der Waals surface area (Å²) >= 11 is 0. The van der Waals surface area contributed by atoms with Gasteiger partial charge in [-0.25, -0.2) is 4.39 Å². The largest absolute Gasteiger partial charge is 0.480 e. The molecule has 0 spiro atoms. The van der Waals surface area contributed by atoms with Gasteiger partial charge >= 0.3 is 12.9 Å². The van der Waals surface area contributed by atoms with Gasteiger partial charge in [-0.3, -0.25) is 4.79 Å². The average molecular weight is 225 g/mol. The van der Waals surface area contributed by atoms with Crippen molar-refractivity contribution in [2.45, 2.75) is 19.3 Å². The molecule has 0 amide bonds. The highest BCUT2D eigenvalue weighted by Gasteiger charge is 2.16. The second-order valence-electron chi connectivity index (χ2n) is 3.68. The topological polar surface area (TPSA) is 83.5 Å². The van der Waals surface area contributed by atoms with Gasteiger partial charge < -0.3 is 15.9 Å². The van der Waals surface area contributed by atoms with Crippen molar-refractivity contribution in [3.05, 3.63) is 29.6 Å². The van der Waals surface area contributed by atoms with Gasteiger partial charge in [0.1, 0.15) is 11.9 Å². The molecule has 0 aliphatic carbocycles. The summed E-state index contributed by atoms with van der Waals surface area (Å²) in [6, 6.07) is 3.07. The zero-order valence-corrected chi connectivity index (χ0v) is 8.85. The lowest BCUT2D eigenvalue weighted by Crippen LogP contribution is -2.33. The van der Waals surface area contributed by atoms with Crippen molar-refractivity contribution >= 4 is 18.3 Å². The maximum atomic E-state index is 13.5. The van der Waals surface area contributed by atoms with E-state index in [1.807, 2.05) is 0 Å². The third-order valence-corrected chi connectivity index (χ3v) is 2.32. The number of hydrogen-bond donors (Lipinski definition) is 3. The summed E-state index contributed by atoms with van der Waals surface area (Å²) in [4.78, 5) is 10.5. The lowest BCUT2D eigenvalue weighted by Gasteiger charge is -2.09. The Kier molecular flexibility index (Phi) is 4.03. The number of halogens is 1. The van der Waals surface area contributed by atoms with E-state index in [0.717, 1.165) is 0 Å². The Hall–Kier alpha value is -1.40. The number of aliphatic carboxylic acids is 1. The minimum absolute atomic E-state index is 0.0682. The molecule has 0 aliphatic heterocycles. The number of nitrogens with two attached hydrogens (primary N) is 1. The fraction of sp³-hybridized carbons (Fsp3) is 0.300. The summed E-state index contributed by atoms with van der Waals surface area (Å²) in [5.74, 6) is -1.71. The van der Waals surface area contributed by atoms with E-state index in [1.165, 1.54) is 19.0 Å². The predicted octanol–water partition coefficient (Wildman–Crippen LogP) is -0.399. The van der Waals surface area contributed by atoms with Crippen LogP contribution in [-0.4, -0.2) is 29.1 Å². The molecule has 0 radical (unpaired) electrons. The SMILES string of the molecule is CB(O)c1ccc(C[C@H](N)C(=O)O)c(F)c1. The number of hydrogen-bond acceptors (Lipinski definition) is 3. The fourth-order valence-corrected chi connectivity index (χ4v) is 1.31. The monoisotopic (exact) mass is 225 g/mol. The normalized spacial score (nSPS) is 12.2. The third kappa shape index (κ3) is 3.05. The maximum Gasteiger partial charge on any atom is 0.320 e. The van der Waals surface area contributed by atoms with Gasteiger partial charge in [-0.2, -0.15) is 0 Å². The summed E-state index contributed by atoms with van der Waals surface area (Å²) in [5, 5.41) is 17.8. The van der Waals surface area contributed by atoms with E-state index >= 15 is 0 Å². The molecule has 16 heavy (non-hydrogen) atoms. The molecule has 0 aromatic heterocycles. The number of carboxylic acids is 1. The third-order valence-electron chi connectivity index (χ3n) is 2.32. The summed E-state index contributed by atoms with van der Waals surface area (Å²) < 4.78 is 13.5. The summed E-state index contributed by atoms with van der Waals surface area (Å²) in [6.07, 6.45) is -0.0682. The molecule has 86 valence electrons. The highest BCUT2D eigenvalue weighted by molar-refractivity contribution is 6.64. The Morgan fingerprint density at radius 3 is 2.69 bits per heavy atom. The minimum atomic E-state index is -1.17. The molecule has 4 N–H and O–H groups in total. The Morgan fingerprint density at radius 2 is 2.25 bits per heavy atom. The van der Waals surface area contributed by atoms with Gasteiger partial charge in [0.25, 0.3) is 0 Å². The molecule has 1 aromatic carbocycles. The van der Waals surface area contributed by atoms with E-state index in [2.05, 4.69) is 0 Å². The van der Waals surface area contributed by atoms with Gasteiger partial charge in [0.05, 0.1) is 0 Å². The van der Waals surface area contributed by atoms with Crippen LogP contribution < -0.4 is 11.2 Å². The Bertz CT molecular complexity index is 398. The Morgan fingerprint density at radius 1 is 1.62 bits per heavy atom. The van der Waals surface area contributed by atoms with E-state index in [4.69, 9.17) is 10.8 Å². The van der Waals surface area contributed by atoms with Crippen molar-refractivity contribution in [2.24, 2.45) is 5.73 Å². The first-order chi connectivity index (χ1) is 7.41. The van der Waals surface area contributed by atoms with E-state index in [-0.39, 0.29) is 12.0 Å². The molecule has 6 heteroatoms. The van der Waals surface area contributed by atoms with Crippen molar-refractivity contribution in [1.82, 2.24) is 0 Å². The van der Waals surface area contributed by atoms with Crippen LogP contribution in [0.4, 0.5) is 4.39 Å². The van der Waals surface area contributed by atoms with Gasteiger partial charge in [-0.1, -0.05) is 19.0 Å². The standard InChI is InChI=1S/C10H13BFNO3/c1-11(16)7-3-2-6(8(12)5-7)4-9(13)10(14)15/h2-3,5,9,16H,4,13H2,1H3,(H,14,15)/t9-/m0/s1. The fourth-order valence-electron chi connectivity index (χ4n) is 1.31. The van der Waals surface area contributed by atoms with E-state index < -0.39 is 24.7 Å². The summed E-state index contributed by atoms with van der Waals surface area (Å²) in [7, 11) is 0. The molecular weight excluding hydrogens is 212 g/mol. The molecule has 0 bridgehead atoms. The lowest BCUT2D eigenvalue weighted by molar-refractivity contribution is -0.138. The zero-order chi connectivity index (χ0) is 12.3. The number of carboxylic acid groups (broad SMARTS) is 1. The van der Waals surface area contributed by atoms with Gasteiger partial charge in [0.2, 0.25) is 0 Å². The van der Waals surface area contributed by atoms with Gasteiger partial charge in [0.15, 0.2) is 0 Å². The van der Waals surface area contributed by atoms with Crippen molar-refractivity contribution < 1.29 is 19.3 Å². The highest BCUT2D eigenvalue weighted by Crippen LogP contribution is 2.08. The van der Waals surface area contributed by atoms with E-state index in [9.17, 15) is 14.2 Å². The molecule has 4 nitrogen and oxygen atoms in total. The molecule has 1 aromatic rings. The smallest absolute Gasteiger partial charge is 0.320 e. The van der Waals surface area contributed by atoms with Crippen LogP contribution in [0.15, 0.2) is 18.2 Å². The van der Waals surface area contributed by atoms with E-state index in [1.54, 1.807) is 6.07 Å². The number of benzene rings is 1. The molecular formula is C10H13BFNO3. The molecule has 0 unspecified atom stereocenters. The summed E-state index contributed by atoms with van der Waals surface area (Å²) in [5.41, 5.74) is 5.98. The van der Waals surface area contributed by atoms with Crippen molar-refractivity contribution in [2.75, 3.05) is 0 Å². The zero-order valence-electron chi connectivity index (χ0n) is 8.85. The lowest BCUT2D eigenvalue weighted by atomic mass is 9.64. The maximum absolute atomic E-state index is 13.5. The van der Waals surface area contributed by atoms with Crippen LogP contribution in [0.5, 0.6) is 0 Å². The number of rotatable bonds is 4. The van der Waals surface area contributed by atoms with Gasteiger partial charge in [-0.05, 0) is 17.1 Å². The van der Waals surface area contributed by atoms with Crippen LogP contribution in [0.25, 0.3) is 0 Å². The quantitative estimate of drug-likeness (QED) is 0.609. The Balaban J connectivity index is 2.87. The second kappa shape index (κ2) is 5.09. The molecule has 0 heterocycles. The van der Waals surface area contributed by atoms with Crippen LogP contribution >= 0.6 is 0 Å². The molecule has 0 fully saturated rings. The van der Waals surface area contributed by atoms with Gasteiger partial charge in [-0.15, -0.1) is 0 Å². The summed E-state index contributed by atoms with van der Waals surface area (Å²) in [6.45, 7) is 0.772. The highest BCUT2D eigenvalue weighted by atomic mass is 19.1. The van der Waals surface area contributed by atoms with Crippen LogP contribution in [0.2, 0.25) is 6.82 Å². The van der Waals surface area contributed by atoms with Crippen molar-refractivity contribution in [3.8, 4) is 0 Å². The van der Waals surface area contributed by atoms with Gasteiger partial charge in [0, 0.05) is 6.42 Å². The van der Waals surface area contributed by atoms with Crippen molar-refractivity contribution in [1.29, 1.82) is 0 Å². The molecule has 0 saturated heterocycles. The van der Waals surface area contributed by atoms with E-state index in [0.29, 0.717) is 5.46 Å². The Labute approximate surface area is 93.0 Å².